The number of aromatic nitrogens is 4. The van der Waals surface area contributed by atoms with Crippen molar-refractivity contribution in [2.45, 2.75) is 45.7 Å². The predicted molar refractivity (Wildman–Crippen MR) is 81.3 cm³/mol. The molecule has 0 aromatic carbocycles. The number of anilines is 1. The summed E-state index contributed by atoms with van der Waals surface area (Å²) in [5.74, 6) is -1.17. The lowest BCUT2D eigenvalue weighted by Gasteiger charge is -2.23. The van der Waals surface area contributed by atoms with Gasteiger partial charge < -0.3 is 9.84 Å². The molecule has 2 aromatic rings. The van der Waals surface area contributed by atoms with E-state index in [0.29, 0.717) is 25.1 Å². The summed E-state index contributed by atoms with van der Waals surface area (Å²) in [4.78, 5) is 23.4. The number of nitrogens with zero attached hydrogens (tertiary/aromatic N) is 4. The van der Waals surface area contributed by atoms with Crippen LogP contribution in [0.25, 0.3) is 0 Å². The minimum Gasteiger partial charge on any atom is -0.329 e. The maximum atomic E-state index is 12.4. The molecule has 1 amide bonds. The quantitative estimate of drug-likeness (QED) is 0.765. The number of unbranched alkanes of at least 4 members (excludes halogenated alkanes) is 1. The Morgan fingerprint density at radius 2 is 2.00 bits per heavy atom. The van der Waals surface area contributed by atoms with Crippen LogP contribution in [0.1, 0.15) is 44.8 Å². The molecule has 0 unspecified atom stereocenters. The first-order valence-corrected chi connectivity index (χ1v) is 7.66. The highest BCUT2D eigenvalue weighted by atomic mass is 19.4. The summed E-state index contributed by atoms with van der Waals surface area (Å²) in [7, 11) is 0. The van der Waals surface area contributed by atoms with Gasteiger partial charge in [-0.15, -0.1) is 0 Å². The van der Waals surface area contributed by atoms with Crippen LogP contribution in [-0.4, -0.2) is 26.0 Å². The SMILES string of the molecule is CC(C)(CCCCc1noc(C(F)(F)F)n1)C(=O)Nc1cnccn1. The molecule has 2 rings (SSSR count). The molecule has 0 atom stereocenters. The Labute approximate surface area is 142 Å². The van der Waals surface area contributed by atoms with E-state index in [1.807, 2.05) is 0 Å². The number of amides is 1. The van der Waals surface area contributed by atoms with Gasteiger partial charge in [0, 0.05) is 24.2 Å². The van der Waals surface area contributed by atoms with E-state index in [1.54, 1.807) is 13.8 Å². The monoisotopic (exact) mass is 357 g/mol. The second-order valence-corrected chi connectivity index (χ2v) is 6.15. The molecule has 10 heteroatoms. The smallest absolute Gasteiger partial charge is 0.329 e. The zero-order valence-corrected chi connectivity index (χ0v) is 13.8. The Morgan fingerprint density at radius 1 is 1.24 bits per heavy atom. The molecular formula is C15H18F3N5O2. The molecule has 0 radical (unpaired) electrons. The number of hydrogen-bond acceptors (Lipinski definition) is 6. The molecule has 25 heavy (non-hydrogen) atoms. The van der Waals surface area contributed by atoms with Crippen molar-refractivity contribution in [3.63, 3.8) is 0 Å². The lowest BCUT2D eigenvalue weighted by molar-refractivity contribution is -0.159. The van der Waals surface area contributed by atoms with Gasteiger partial charge in [-0.25, -0.2) is 4.98 Å². The molecule has 1 N–H and O–H groups in total. The van der Waals surface area contributed by atoms with Gasteiger partial charge in [-0.3, -0.25) is 9.78 Å². The zero-order chi connectivity index (χ0) is 18.5. The molecule has 2 aromatic heterocycles. The van der Waals surface area contributed by atoms with Crippen molar-refractivity contribution in [3.05, 3.63) is 30.3 Å². The number of aryl methyl sites for hydroxylation is 1. The van der Waals surface area contributed by atoms with Crippen molar-refractivity contribution in [2.24, 2.45) is 5.41 Å². The number of alkyl halides is 3. The summed E-state index contributed by atoms with van der Waals surface area (Å²) in [6, 6.07) is 0. The van der Waals surface area contributed by atoms with Gasteiger partial charge in [-0.1, -0.05) is 25.4 Å². The predicted octanol–water partition coefficient (Wildman–Crippen LogP) is 3.26. The van der Waals surface area contributed by atoms with Gasteiger partial charge in [0.2, 0.25) is 5.91 Å². The minimum absolute atomic E-state index is 0.00847. The maximum Gasteiger partial charge on any atom is 0.471 e. The van der Waals surface area contributed by atoms with Crippen LogP contribution in [0.4, 0.5) is 19.0 Å². The van der Waals surface area contributed by atoms with Crippen molar-refractivity contribution in [1.82, 2.24) is 20.1 Å². The van der Waals surface area contributed by atoms with Crippen LogP contribution in [0.2, 0.25) is 0 Å². The lowest BCUT2D eigenvalue weighted by atomic mass is 9.86. The topological polar surface area (TPSA) is 93.8 Å². The second-order valence-electron chi connectivity index (χ2n) is 6.15. The summed E-state index contributed by atoms with van der Waals surface area (Å²) in [5, 5.41) is 5.99. The highest BCUT2D eigenvalue weighted by Crippen LogP contribution is 2.28. The van der Waals surface area contributed by atoms with Gasteiger partial charge in [0.05, 0.1) is 6.20 Å². The summed E-state index contributed by atoms with van der Waals surface area (Å²) < 4.78 is 41.3. The van der Waals surface area contributed by atoms with Gasteiger partial charge in [-0.05, 0) is 12.8 Å². The second kappa shape index (κ2) is 7.58. The zero-order valence-electron chi connectivity index (χ0n) is 13.8. The van der Waals surface area contributed by atoms with E-state index in [0.717, 1.165) is 0 Å². The minimum atomic E-state index is -4.63. The molecular weight excluding hydrogens is 339 g/mol. The normalized spacial score (nSPS) is 12.2. The average Bonchev–Trinajstić information content (AvgIpc) is 3.02. The standard InChI is InChI=1S/C15H18F3N5O2/c1-14(2,12(24)21-11-9-19-7-8-20-11)6-4-3-5-10-22-13(25-23-10)15(16,17)18/h7-9H,3-6H2,1-2H3,(H,20,21,24). The summed E-state index contributed by atoms with van der Waals surface area (Å²) >= 11 is 0. The molecule has 7 nitrogen and oxygen atoms in total. The van der Waals surface area contributed by atoms with E-state index in [9.17, 15) is 18.0 Å². The highest BCUT2D eigenvalue weighted by Gasteiger charge is 2.38. The van der Waals surface area contributed by atoms with Crippen LogP contribution in [0.15, 0.2) is 23.1 Å². The van der Waals surface area contributed by atoms with Crippen molar-refractivity contribution in [3.8, 4) is 0 Å². The molecule has 0 aliphatic carbocycles. The Bertz CT molecular complexity index is 701. The van der Waals surface area contributed by atoms with E-state index in [1.165, 1.54) is 18.6 Å². The molecule has 0 fully saturated rings. The Balaban J connectivity index is 1.78. The molecule has 0 spiro atoms. The number of hydrogen-bond donors (Lipinski definition) is 1. The fourth-order valence-electron chi connectivity index (χ4n) is 2.08. The highest BCUT2D eigenvalue weighted by molar-refractivity contribution is 5.93. The van der Waals surface area contributed by atoms with Gasteiger partial charge in [0.1, 0.15) is 0 Å². The number of halogens is 3. The van der Waals surface area contributed by atoms with Gasteiger partial charge in [0.15, 0.2) is 11.6 Å². The molecule has 0 aliphatic rings. The van der Waals surface area contributed by atoms with Crippen molar-refractivity contribution < 1.29 is 22.5 Å². The summed E-state index contributed by atoms with van der Waals surface area (Å²) in [6.07, 6.45) is 1.75. The molecule has 0 saturated carbocycles. The van der Waals surface area contributed by atoms with Crippen molar-refractivity contribution in [2.75, 3.05) is 5.32 Å². The van der Waals surface area contributed by atoms with Gasteiger partial charge in [0.25, 0.3) is 0 Å². The van der Waals surface area contributed by atoms with E-state index < -0.39 is 17.5 Å². The van der Waals surface area contributed by atoms with Crippen molar-refractivity contribution in [1.29, 1.82) is 0 Å². The van der Waals surface area contributed by atoms with E-state index in [4.69, 9.17) is 0 Å². The summed E-state index contributed by atoms with van der Waals surface area (Å²) in [5.41, 5.74) is -0.661. The van der Waals surface area contributed by atoms with E-state index in [2.05, 4.69) is 29.9 Å². The van der Waals surface area contributed by atoms with Crippen LogP contribution in [0.5, 0.6) is 0 Å². The van der Waals surface area contributed by atoms with Crippen LogP contribution >= 0.6 is 0 Å². The molecule has 0 bridgehead atoms. The van der Waals surface area contributed by atoms with Crippen LogP contribution in [0.3, 0.4) is 0 Å². The third-order valence-corrected chi connectivity index (χ3v) is 3.58. The lowest BCUT2D eigenvalue weighted by Crippen LogP contribution is -2.31. The maximum absolute atomic E-state index is 12.4. The Hall–Kier alpha value is -2.52. The largest absolute Gasteiger partial charge is 0.471 e. The molecule has 136 valence electrons. The first kappa shape index (κ1) is 18.8. The fourth-order valence-corrected chi connectivity index (χ4v) is 2.08. The van der Waals surface area contributed by atoms with Gasteiger partial charge in [-0.2, -0.15) is 18.2 Å². The molecule has 2 heterocycles. The number of carbonyl (C=O) groups is 1. The third-order valence-electron chi connectivity index (χ3n) is 3.58. The number of rotatable bonds is 7. The van der Waals surface area contributed by atoms with Gasteiger partial charge >= 0.3 is 12.1 Å². The Morgan fingerprint density at radius 3 is 2.60 bits per heavy atom. The Kier molecular flexibility index (Phi) is 5.70. The molecule has 0 aliphatic heterocycles. The van der Waals surface area contributed by atoms with E-state index >= 15 is 0 Å². The first-order chi connectivity index (χ1) is 11.7. The first-order valence-electron chi connectivity index (χ1n) is 7.66. The van der Waals surface area contributed by atoms with Crippen LogP contribution < -0.4 is 5.32 Å². The van der Waals surface area contributed by atoms with E-state index in [-0.39, 0.29) is 18.2 Å². The average molecular weight is 357 g/mol. The number of carbonyl (C=O) groups excluding carboxylic acids is 1. The summed E-state index contributed by atoms with van der Waals surface area (Å²) in [6.45, 7) is 3.57. The number of nitrogens with one attached hydrogen (secondary N) is 1. The fraction of sp³-hybridized carbons (Fsp3) is 0.533. The van der Waals surface area contributed by atoms with Crippen molar-refractivity contribution >= 4 is 11.7 Å². The van der Waals surface area contributed by atoms with Crippen LogP contribution in [-0.2, 0) is 17.4 Å². The van der Waals surface area contributed by atoms with Crippen LogP contribution in [0, 0.1) is 5.41 Å². The molecule has 0 saturated heterocycles. The third kappa shape index (κ3) is 5.50.